The SMILES string of the molecule is CC(=O)c1ccc(-c2ccc(OCCCO)c(-c3ccc4c(c3)[Si](C)(C)CC[Si]4(C)C)c2)cc1. The van der Waals surface area contributed by atoms with E-state index < -0.39 is 16.1 Å². The molecule has 0 atom stereocenters. The van der Waals surface area contributed by atoms with Gasteiger partial charge in [-0.15, -0.1) is 0 Å². The van der Waals surface area contributed by atoms with Gasteiger partial charge in [0.05, 0.1) is 22.8 Å². The standard InChI is InChI=1S/C29H36O3Si2/c1-21(31)22-7-9-23(10-8-22)24-11-13-27(32-16-6-15-30)26(19-24)25-12-14-28-29(20-25)34(4,5)18-17-33(28,2)3/h7-14,19-20,30H,6,15-18H2,1-5H3. The van der Waals surface area contributed by atoms with Gasteiger partial charge < -0.3 is 9.84 Å². The van der Waals surface area contributed by atoms with Gasteiger partial charge in [0, 0.05) is 24.2 Å². The molecular weight excluding hydrogens is 452 g/mol. The summed E-state index contributed by atoms with van der Waals surface area (Å²) < 4.78 is 6.13. The Morgan fingerprint density at radius 3 is 2.09 bits per heavy atom. The van der Waals surface area contributed by atoms with Gasteiger partial charge >= 0.3 is 0 Å². The van der Waals surface area contributed by atoms with Gasteiger partial charge in [-0.25, -0.2) is 0 Å². The lowest BCUT2D eigenvalue weighted by Gasteiger charge is -2.40. The summed E-state index contributed by atoms with van der Waals surface area (Å²) in [5, 5.41) is 12.5. The summed E-state index contributed by atoms with van der Waals surface area (Å²) in [5.41, 5.74) is 5.19. The van der Waals surface area contributed by atoms with Crippen LogP contribution in [0.4, 0.5) is 0 Å². The zero-order valence-electron chi connectivity index (χ0n) is 21.1. The number of aliphatic hydroxyl groups excluding tert-OH is 1. The second-order valence-electron chi connectivity index (χ2n) is 10.8. The maximum Gasteiger partial charge on any atom is 0.159 e. The topological polar surface area (TPSA) is 46.5 Å². The minimum atomic E-state index is -1.48. The van der Waals surface area contributed by atoms with Gasteiger partial charge in [-0.05, 0) is 35.7 Å². The summed E-state index contributed by atoms with van der Waals surface area (Å²) >= 11 is 0. The number of aliphatic hydroxyl groups is 1. The number of hydrogen-bond acceptors (Lipinski definition) is 3. The van der Waals surface area contributed by atoms with E-state index in [2.05, 4.69) is 56.5 Å². The molecule has 0 saturated carbocycles. The number of ketones is 1. The second kappa shape index (κ2) is 9.64. The third kappa shape index (κ3) is 4.97. The fourth-order valence-electron chi connectivity index (χ4n) is 4.96. The Kier molecular flexibility index (Phi) is 6.99. The Balaban J connectivity index is 1.81. The predicted octanol–water partition coefficient (Wildman–Crippen LogP) is 5.83. The lowest BCUT2D eigenvalue weighted by atomic mass is 9.97. The summed E-state index contributed by atoms with van der Waals surface area (Å²) in [6.45, 7) is 12.2. The van der Waals surface area contributed by atoms with E-state index in [1.807, 2.05) is 30.3 Å². The van der Waals surface area contributed by atoms with Crippen molar-refractivity contribution in [1.29, 1.82) is 0 Å². The van der Waals surface area contributed by atoms with Crippen molar-refractivity contribution in [2.75, 3.05) is 13.2 Å². The van der Waals surface area contributed by atoms with E-state index in [0.29, 0.717) is 13.0 Å². The molecule has 5 heteroatoms. The molecule has 3 aromatic rings. The number of carbonyl (C=O) groups excluding carboxylic acids is 1. The van der Waals surface area contributed by atoms with Crippen molar-refractivity contribution in [2.45, 2.75) is 51.6 Å². The van der Waals surface area contributed by atoms with Gasteiger partial charge in [0.15, 0.2) is 5.78 Å². The van der Waals surface area contributed by atoms with E-state index >= 15 is 0 Å². The van der Waals surface area contributed by atoms with Crippen LogP contribution in [0.2, 0.25) is 38.3 Å². The Morgan fingerprint density at radius 2 is 1.44 bits per heavy atom. The molecule has 4 rings (SSSR count). The third-order valence-electron chi connectivity index (χ3n) is 7.33. The van der Waals surface area contributed by atoms with Crippen LogP contribution in [-0.4, -0.2) is 40.3 Å². The van der Waals surface area contributed by atoms with Crippen molar-refractivity contribution in [1.82, 2.24) is 0 Å². The highest BCUT2D eigenvalue weighted by atomic mass is 28.3. The average molecular weight is 489 g/mol. The first-order valence-corrected chi connectivity index (χ1v) is 18.7. The van der Waals surface area contributed by atoms with Gasteiger partial charge in [-0.1, -0.05) is 97.2 Å². The summed E-state index contributed by atoms with van der Waals surface area (Å²) in [7, 11) is -2.87. The maximum atomic E-state index is 11.7. The van der Waals surface area contributed by atoms with Crippen LogP contribution in [0, 0.1) is 0 Å². The molecule has 1 aliphatic rings. The molecule has 0 aliphatic carbocycles. The second-order valence-corrected chi connectivity index (χ2v) is 20.4. The van der Waals surface area contributed by atoms with Crippen LogP contribution in [0.3, 0.4) is 0 Å². The number of fused-ring (bicyclic) bond motifs is 1. The highest BCUT2D eigenvalue weighted by Crippen LogP contribution is 2.36. The molecule has 0 radical (unpaired) electrons. The predicted molar refractivity (Wildman–Crippen MR) is 148 cm³/mol. The summed E-state index contributed by atoms with van der Waals surface area (Å²) in [6.07, 6.45) is 0.609. The van der Waals surface area contributed by atoms with Gasteiger partial charge in [-0.3, -0.25) is 4.79 Å². The van der Waals surface area contributed by atoms with Crippen molar-refractivity contribution in [3.8, 4) is 28.0 Å². The smallest absolute Gasteiger partial charge is 0.159 e. The molecule has 34 heavy (non-hydrogen) atoms. The fourth-order valence-corrected chi connectivity index (χ4v) is 15.2. The number of carbonyl (C=O) groups is 1. The van der Waals surface area contributed by atoms with E-state index in [4.69, 9.17) is 4.74 Å². The Hall–Kier alpha value is -2.48. The first kappa shape index (κ1) is 24.6. The lowest BCUT2D eigenvalue weighted by molar-refractivity contribution is 0.101. The quantitative estimate of drug-likeness (QED) is 0.259. The van der Waals surface area contributed by atoms with Crippen molar-refractivity contribution < 1.29 is 14.6 Å². The maximum absolute atomic E-state index is 11.7. The third-order valence-corrected chi connectivity index (χ3v) is 14.8. The summed E-state index contributed by atoms with van der Waals surface area (Å²) in [5.74, 6) is 0.927. The molecular formula is C29H36O3Si2. The van der Waals surface area contributed by atoms with Gasteiger partial charge in [0.2, 0.25) is 0 Å². The van der Waals surface area contributed by atoms with Gasteiger partial charge in [0.1, 0.15) is 5.75 Å². The van der Waals surface area contributed by atoms with Crippen LogP contribution in [-0.2, 0) is 0 Å². The van der Waals surface area contributed by atoms with Gasteiger partial charge in [0.25, 0.3) is 0 Å². The van der Waals surface area contributed by atoms with Crippen molar-refractivity contribution >= 4 is 32.3 Å². The normalized spacial score (nSPS) is 16.1. The monoisotopic (exact) mass is 488 g/mol. The molecule has 0 saturated heterocycles. The number of Topliss-reactive ketones (excluding diaryl/α,β-unsaturated/α-hetero) is 1. The summed E-state index contributed by atoms with van der Waals surface area (Å²) in [4.78, 5) is 11.7. The van der Waals surface area contributed by atoms with Crippen LogP contribution in [0.25, 0.3) is 22.3 Å². The molecule has 3 aromatic carbocycles. The lowest BCUT2D eigenvalue weighted by Crippen LogP contribution is -2.63. The first-order chi connectivity index (χ1) is 16.1. The molecule has 0 aromatic heterocycles. The Labute approximate surface area is 205 Å². The van der Waals surface area contributed by atoms with Crippen molar-refractivity contribution in [2.24, 2.45) is 0 Å². The van der Waals surface area contributed by atoms with Crippen LogP contribution >= 0.6 is 0 Å². The molecule has 0 fully saturated rings. The molecule has 0 amide bonds. The fraction of sp³-hybridized carbons (Fsp3) is 0.345. The molecule has 1 aliphatic heterocycles. The summed E-state index contributed by atoms with van der Waals surface area (Å²) in [6, 6.07) is 24.0. The molecule has 0 spiro atoms. The highest BCUT2D eigenvalue weighted by Gasteiger charge is 2.39. The van der Waals surface area contributed by atoms with E-state index in [1.165, 1.54) is 17.7 Å². The molecule has 1 heterocycles. The molecule has 3 nitrogen and oxygen atoms in total. The molecule has 178 valence electrons. The van der Waals surface area contributed by atoms with Crippen LogP contribution in [0.5, 0.6) is 5.75 Å². The van der Waals surface area contributed by atoms with E-state index in [9.17, 15) is 9.90 Å². The minimum Gasteiger partial charge on any atom is -0.493 e. The molecule has 0 bridgehead atoms. The number of rotatable bonds is 7. The van der Waals surface area contributed by atoms with E-state index in [1.54, 1.807) is 17.3 Å². The number of ether oxygens (including phenoxy) is 1. The highest BCUT2D eigenvalue weighted by molar-refractivity contribution is 7.03. The minimum absolute atomic E-state index is 0.0761. The van der Waals surface area contributed by atoms with Crippen LogP contribution < -0.4 is 15.1 Å². The molecule has 1 N–H and O–H groups in total. The van der Waals surface area contributed by atoms with Crippen molar-refractivity contribution in [3.05, 3.63) is 66.2 Å². The average Bonchev–Trinajstić information content (AvgIpc) is 2.82. The Morgan fingerprint density at radius 1 is 0.824 bits per heavy atom. The van der Waals surface area contributed by atoms with Crippen molar-refractivity contribution in [3.63, 3.8) is 0 Å². The Bertz CT molecular complexity index is 1200. The first-order valence-electron chi connectivity index (χ1n) is 12.3. The number of hydrogen-bond donors (Lipinski definition) is 1. The van der Waals surface area contributed by atoms with Crippen LogP contribution in [0.15, 0.2) is 60.7 Å². The largest absolute Gasteiger partial charge is 0.493 e. The van der Waals surface area contributed by atoms with Crippen LogP contribution in [0.1, 0.15) is 23.7 Å². The zero-order valence-corrected chi connectivity index (χ0v) is 23.1. The number of benzene rings is 3. The van der Waals surface area contributed by atoms with Gasteiger partial charge in [-0.2, -0.15) is 0 Å². The molecule has 0 unspecified atom stereocenters. The van der Waals surface area contributed by atoms with E-state index in [0.717, 1.165) is 28.0 Å². The van der Waals surface area contributed by atoms with E-state index in [-0.39, 0.29) is 12.4 Å². The zero-order chi connectivity index (χ0) is 24.5.